The fraction of sp³-hybridized carbons (Fsp3) is 0.250. The van der Waals surface area contributed by atoms with E-state index in [-0.39, 0.29) is 0 Å². The van der Waals surface area contributed by atoms with Crippen LogP contribution in [0.3, 0.4) is 0 Å². The van der Waals surface area contributed by atoms with E-state index in [0.29, 0.717) is 11.1 Å². The van der Waals surface area contributed by atoms with E-state index in [0.717, 1.165) is 32.6 Å². The monoisotopic (exact) mass is 429 g/mol. The molecular formula is C16H14Br2ClNO. The van der Waals surface area contributed by atoms with Crippen LogP contribution in [-0.4, -0.2) is 6.04 Å². The molecule has 0 aliphatic heterocycles. The molecule has 21 heavy (non-hydrogen) atoms. The summed E-state index contributed by atoms with van der Waals surface area (Å²) in [5.74, 6) is 1.61. The summed E-state index contributed by atoms with van der Waals surface area (Å²) in [4.78, 5) is 0. The molecule has 0 radical (unpaired) electrons. The number of rotatable bonds is 5. The lowest BCUT2D eigenvalue weighted by atomic mass is 10.2. The van der Waals surface area contributed by atoms with Crippen LogP contribution in [0.15, 0.2) is 45.3 Å². The molecule has 0 saturated heterocycles. The van der Waals surface area contributed by atoms with E-state index in [4.69, 9.17) is 16.3 Å². The Balaban J connectivity index is 1.82. The van der Waals surface area contributed by atoms with Gasteiger partial charge in [-0.2, -0.15) is 0 Å². The highest BCUT2D eigenvalue weighted by Crippen LogP contribution is 2.34. The molecule has 2 nitrogen and oxygen atoms in total. The second-order valence-electron chi connectivity index (χ2n) is 5.08. The molecule has 0 aromatic heterocycles. The Morgan fingerprint density at radius 2 is 1.86 bits per heavy atom. The summed E-state index contributed by atoms with van der Waals surface area (Å²) in [5, 5.41) is 4.20. The molecule has 0 heterocycles. The van der Waals surface area contributed by atoms with Crippen LogP contribution in [0, 0.1) is 0 Å². The van der Waals surface area contributed by atoms with Crippen LogP contribution in [0.4, 0.5) is 0 Å². The van der Waals surface area contributed by atoms with Gasteiger partial charge in [0.2, 0.25) is 0 Å². The highest BCUT2D eigenvalue weighted by atomic mass is 79.9. The van der Waals surface area contributed by atoms with Crippen molar-refractivity contribution in [3.63, 3.8) is 0 Å². The number of hydrogen-bond donors (Lipinski definition) is 1. The van der Waals surface area contributed by atoms with Gasteiger partial charge < -0.3 is 10.1 Å². The normalized spacial score (nSPS) is 14.2. The van der Waals surface area contributed by atoms with Gasteiger partial charge in [0, 0.05) is 27.6 Å². The van der Waals surface area contributed by atoms with Crippen LogP contribution >= 0.6 is 43.5 Å². The average molecular weight is 432 g/mol. The Bertz CT molecular complexity index is 659. The SMILES string of the molecule is Clc1ccc(Oc2ccc(Br)cc2CNC2CC2)c(Br)c1. The van der Waals surface area contributed by atoms with Crippen LogP contribution in [0.1, 0.15) is 18.4 Å². The fourth-order valence-corrected chi connectivity index (χ4v) is 3.18. The van der Waals surface area contributed by atoms with Crippen molar-refractivity contribution in [1.29, 1.82) is 0 Å². The molecule has 0 amide bonds. The van der Waals surface area contributed by atoms with Gasteiger partial charge in [-0.05, 0) is 65.2 Å². The van der Waals surface area contributed by atoms with Gasteiger partial charge >= 0.3 is 0 Å². The molecule has 5 heteroatoms. The molecule has 110 valence electrons. The molecule has 0 spiro atoms. The summed E-state index contributed by atoms with van der Waals surface area (Å²) in [5.41, 5.74) is 1.14. The van der Waals surface area contributed by atoms with Crippen LogP contribution in [-0.2, 0) is 6.54 Å². The highest BCUT2D eigenvalue weighted by Gasteiger charge is 2.20. The Labute approximate surface area is 146 Å². The number of halogens is 3. The van der Waals surface area contributed by atoms with Crippen molar-refractivity contribution in [2.75, 3.05) is 0 Å². The molecule has 0 atom stereocenters. The van der Waals surface area contributed by atoms with Crippen molar-refractivity contribution in [3.8, 4) is 11.5 Å². The molecule has 1 saturated carbocycles. The zero-order chi connectivity index (χ0) is 14.8. The van der Waals surface area contributed by atoms with Gasteiger partial charge in [0.25, 0.3) is 0 Å². The molecule has 2 aromatic carbocycles. The summed E-state index contributed by atoms with van der Waals surface area (Å²) in [6.45, 7) is 0.810. The molecule has 0 unspecified atom stereocenters. The maximum absolute atomic E-state index is 6.04. The first kappa shape index (κ1) is 15.3. The zero-order valence-electron chi connectivity index (χ0n) is 11.2. The Hall–Kier alpha value is -0.550. The average Bonchev–Trinajstić information content (AvgIpc) is 3.26. The van der Waals surface area contributed by atoms with Gasteiger partial charge in [-0.15, -0.1) is 0 Å². The van der Waals surface area contributed by atoms with E-state index in [1.165, 1.54) is 12.8 Å². The predicted octanol–water partition coefficient (Wildman–Crippen LogP) is 5.91. The Morgan fingerprint density at radius 3 is 2.57 bits per heavy atom. The summed E-state index contributed by atoms with van der Waals surface area (Å²) in [6, 6.07) is 12.2. The summed E-state index contributed by atoms with van der Waals surface area (Å²) >= 11 is 13.0. The van der Waals surface area contributed by atoms with E-state index in [9.17, 15) is 0 Å². The van der Waals surface area contributed by atoms with Gasteiger partial charge in [-0.1, -0.05) is 27.5 Å². The minimum absolute atomic E-state index is 0.666. The number of ether oxygens (including phenoxy) is 1. The Kier molecular flexibility index (Phi) is 4.89. The lowest BCUT2D eigenvalue weighted by Crippen LogP contribution is -2.15. The van der Waals surface area contributed by atoms with E-state index in [1.54, 1.807) is 0 Å². The number of hydrogen-bond acceptors (Lipinski definition) is 2. The van der Waals surface area contributed by atoms with Crippen LogP contribution in [0.2, 0.25) is 5.02 Å². The second kappa shape index (κ2) is 6.69. The van der Waals surface area contributed by atoms with Crippen LogP contribution < -0.4 is 10.1 Å². The van der Waals surface area contributed by atoms with Crippen molar-refractivity contribution in [1.82, 2.24) is 5.32 Å². The largest absolute Gasteiger partial charge is 0.456 e. The van der Waals surface area contributed by atoms with Crippen molar-refractivity contribution in [2.24, 2.45) is 0 Å². The first-order valence-electron chi connectivity index (χ1n) is 6.76. The van der Waals surface area contributed by atoms with Gasteiger partial charge in [0.15, 0.2) is 0 Å². The van der Waals surface area contributed by atoms with Crippen LogP contribution in [0.5, 0.6) is 11.5 Å². The minimum atomic E-state index is 0.666. The first-order chi connectivity index (χ1) is 10.1. The summed E-state index contributed by atoms with van der Waals surface area (Å²) in [7, 11) is 0. The molecular weight excluding hydrogens is 417 g/mol. The molecule has 1 fully saturated rings. The Morgan fingerprint density at radius 1 is 1.10 bits per heavy atom. The van der Waals surface area contributed by atoms with E-state index >= 15 is 0 Å². The highest BCUT2D eigenvalue weighted by molar-refractivity contribution is 9.10. The van der Waals surface area contributed by atoms with Crippen molar-refractivity contribution in [2.45, 2.75) is 25.4 Å². The summed E-state index contributed by atoms with van der Waals surface area (Å²) in [6.07, 6.45) is 2.54. The van der Waals surface area contributed by atoms with Crippen molar-refractivity contribution >= 4 is 43.5 Å². The van der Waals surface area contributed by atoms with Gasteiger partial charge in [-0.25, -0.2) is 0 Å². The van der Waals surface area contributed by atoms with Crippen molar-refractivity contribution in [3.05, 3.63) is 55.9 Å². The molecule has 1 aliphatic rings. The predicted molar refractivity (Wildman–Crippen MR) is 93.2 cm³/mol. The first-order valence-corrected chi connectivity index (χ1v) is 8.73. The molecule has 1 aliphatic carbocycles. The van der Waals surface area contributed by atoms with Gasteiger partial charge in [-0.3, -0.25) is 0 Å². The topological polar surface area (TPSA) is 21.3 Å². The van der Waals surface area contributed by atoms with E-state index in [1.807, 2.05) is 30.3 Å². The lowest BCUT2D eigenvalue weighted by Gasteiger charge is -2.13. The third-order valence-corrected chi connectivity index (χ3v) is 4.64. The minimum Gasteiger partial charge on any atom is -0.456 e. The maximum atomic E-state index is 6.04. The maximum Gasteiger partial charge on any atom is 0.141 e. The molecule has 1 N–H and O–H groups in total. The second-order valence-corrected chi connectivity index (χ2v) is 7.29. The van der Waals surface area contributed by atoms with Gasteiger partial charge in [0.05, 0.1) is 4.47 Å². The van der Waals surface area contributed by atoms with Crippen LogP contribution in [0.25, 0.3) is 0 Å². The number of benzene rings is 2. The number of nitrogens with one attached hydrogen (secondary N) is 1. The third kappa shape index (κ3) is 4.22. The quantitative estimate of drug-likeness (QED) is 0.636. The standard InChI is InChI=1S/C16H14Br2ClNO/c17-11-1-5-15(10(7-11)9-20-13-3-4-13)21-16-6-2-12(19)8-14(16)18/h1-2,5-8,13,20H,3-4,9H2. The molecule has 0 bridgehead atoms. The molecule has 3 rings (SSSR count). The fourth-order valence-electron chi connectivity index (χ4n) is 2.00. The smallest absolute Gasteiger partial charge is 0.141 e. The summed E-state index contributed by atoms with van der Waals surface area (Å²) < 4.78 is 7.94. The van der Waals surface area contributed by atoms with E-state index < -0.39 is 0 Å². The molecule has 2 aromatic rings. The lowest BCUT2D eigenvalue weighted by molar-refractivity contribution is 0.469. The van der Waals surface area contributed by atoms with E-state index in [2.05, 4.69) is 43.2 Å². The van der Waals surface area contributed by atoms with Gasteiger partial charge in [0.1, 0.15) is 11.5 Å². The third-order valence-electron chi connectivity index (χ3n) is 3.29. The zero-order valence-corrected chi connectivity index (χ0v) is 15.1. The van der Waals surface area contributed by atoms with Crippen molar-refractivity contribution < 1.29 is 4.74 Å².